The minimum atomic E-state index is -0.125. The fourth-order valence-electron chi connectivity index (χ4n) is 2.48. The normalized spacial score (nSPS) is 10.6. The lowest BCUT2D eigenvalue weighted by molar-refractivity contribution is 0.0946. The van der Waals surface area contributed by atoms with Crippen LogP contribution in [0.25, 0.3) is 10.9 Å². The van der Waals surface area contributed by atoms with Gasteiger partial charge in [-0.15, -0.1) is 0 Å². The Morgan fingerprint density at radius 1 is 1.18 bits per heavy atom. The van der Waals surface area contributed by atoms with Gasteiger partial charge >= 0.3 is 0 Å². The zero-order valence-electron chi connectivity index (χ0n) is 12.6. The van der Waals surface area contributed by atoms with Gasteiger partial charge in [0.05, 0.1) is 7.11 Å². The molecule has 0 radical (unpaired) electrons. The first-order chi connectivity index (χ1) is 10.7. The summed E-state index contributed by atoms with van der Waals surface area (Å²) in [5.41, 5.74) is 3.65. The Kier molecular flexibility index (Phi) is 3.83. The summed E-state index contributed by atoms with van der Waals surface area (Å²) in [6, 6.07) is 15.6. The number of hydrogen-bond acceptors (Lipinski definition) is 2. The number of nitrogens with one attached hydrogen (secondary N) is 2. The summed E-state index contributed by atoms with van der Waals surface area (Å²) >= 11 is 0. The van der Waals surface area contributed by atoms with Crippen LogP contribution in [0.5, 0.6) is 5.75 Å². The standard InChI is InChI=1S/C18H18N2O2/c1-12-7-8-13-10-16(20-15(13)9-12)18(21)19-11-14-5-3-4-6-17(14)22-2/h3-10,20H,11H2,1-2H3,(H,19,21). The van der Waals surface area contributed by atoms with E-state index in [1.165, 1.54) is 0 Å². The molecule has 1 heterocycles. The summed E-state index contributed by atoms with van der Waals surface area (Å²) in [4.78, 5) is 15.4. The Bertz CT molecular complexity index is 821. The Morgan fingerprint density at radius 3 is 2.82 bits per heavy atom. The first-order valence-electron chi connectivity index (χ1n) is 7.17. The highest BCUT2D eigenvalue weighted by atomic mass is 16.5. The molecule has 0 aliphatic rings. The van der Waals surface area contributed by atoms with Crippen molar-refractivity contribution in [3.8, 4) is 5.75 Å². The van der Waals surface area contributed by atoms with Gasteiger partial charge in [-0.3, -0.25) is 4.79 Å². The smallest absolute Gasteiger partial charge is 0.267 e. The largest absolute Gasteiger partial charge is 0.496 e. The Hall–Kier alpha value is -2.75. The number of methoxy groups -OCH3 is 1. The third kappa shape index (κ3) is 2.81. The average molecular weight is 294 g/mol. The van der Waals surface area contributed by atoms with Crippen LogP contribution in [0.2, 0.25) is 0 Å². The van der Waals surface area contributed by atoms with Crippen LogP contribution in [-0.2, 0) is 6.54 Å². The number of aryl methyl sites for hydroxylation is 1. The molecule has 4 nitrogen and oxygen atoms in total. The first-order valence-corrected chi connectivity index (χ1v) is 7.17. The molecular formula is C18H18N2O2. The second-order valence-electron chi connectivity index (χ2n) is 5.27. The summed E-state index contributed by atoms with van der Waals surface area (Å²) in [6.45, 7) is 2.46. The number of aromatic nitrogens is 1. The van der Waals surface area contributed by atoms with E-state index in [0.29, 0.717) is 12.2 Å². The van der Waals surface area contributed by atoms with Crippen molar-refractivity contribution in [1.82, 2.24) is 10.3 Å². The van der Waals surface area contributed by atoms with E-state index in [1.54, 1.807) is 7.11 Å². The second kappa shape index (κ2) is 5.93. The lowest BCUT2D eigenvalue weighted by atomic mass is 10.2. The molecule has 0 saturated heterocycles. The fourth-order valence-corrected chi connectivity index (χ4v) is 2.48. The van der Waals surface area contributed by atoms with Crippen molar-refractivity contribution in [3.63, 3.8) is 0 Å². The van der Waals surface area contributed by atoms with Gasteiger partial charge in [-0.05, 0) is 30.7 Å². The third-order valence-electron chi connectivity index (χ3n) is 3.65. The molecule has 22 heavy (non-hydrogen) atoms. The van der Waals surface area contributed by atoms with Crippen molar-refractivity contribution in [2.75, 3.05) is 7.11 Å². The minimum absolute atomic E-state index is 0.125. The van der Waals surface area contributed by atoms with Crippen LogP contribution >= 0.6 is 0 Å². The van der Waals surface area contributed by atoms with Gasteiger partial charge in [0.2, 0.25) is 0 Å². The first kappa shape index (κ1) is 14.2. The number of H-pyrrole nitrogens is 1. The summed E-state index contributed by atoms with van der Waals surface area (Å²) in [5.74, 6) is 0.648. The minimum Gasteiger partial charge on any atom is -0.496 e. The molecule has 0 aliphatic carbocycles. The Balaban J connectivity index is 1.76. The van der Waals surface area contributed by atoms with E-state index in [9.17, 15) is 4.79 Å². The number of aromatic amines is 1. The van der Waals surface area contributed by atoms with Crippen LogP contribution in [-0.4, -0.2) is 18.0 Å². The number of benzene rings is 2. The summed E-state index contributed by atoms with van der Waals surface area (Å²) in [5, 5.41) is 3.95. The van der Waals surface area contributed by atoms with E-state index in [0.717, 1.165) is 27.8 Å². The van der Waals surface area contributed by atoms with Crippen molar-refractivity contribution < 1.29 is 9.53 Å². The van der Waals surface area contributed by atoms with E-state index < -0.39 is 0 Å². The molecule has 0 spiro atoms. The lowest BCUT2D eigenvalue weighted by Gasteiger charge is -2.08. The average Bonchev–Trinajstić information content (AvgIpc) is 2.96. The van der Waals surface area contributed by atoms with Crippen molar-refractivity contribution in [3.05, 3.63) is 65.4 Å². The van der Waals surface area contributed by atoms with Gasteiger partial charge < -0.3 is 15.0 Å². The van der Waals surface area contributed by atoms with Crippen molar-refractivity contribution in [1.29, 1.82) is 0 Å². The number of amides is 1. The molecule has 0 bridgehead atoms. The van der Waals surface area contributed by atoms with Crippen LogP contribution < -0.4 is 10.1 Å². The molecule has 1 aromatic heterocycles. The Labute approximate surface area is 129 Å². The molecule has 0 fully saturated rings. The highest BCUT2D eigenvalue weighted by molar-refractivity contribution is 5.98. The van der Waals surface area contributed by atoms with Gasteiger partial charge in [0, 0.05) is 23.0 Å². The number of fused-ring (bicyclic) bond motifs is 1. The van der Waals surface area contributed by atoms with Crippen molar-refractivity contribution in [2.45, 2.75) is 13.5 Å². The quantitative estimate of drug-likeness (QED) is 0.774. The van der Waals surface area contributed by atoms with E-state index in [1.807, 2.05) is 55.5 Å². The van der Waals surface area contributed by atoms with Crippen LogP contribution in [0.15, 0.2) is 48.5 Å². The molecule has 3 aromatic rings. The van der Waals surface area contributed by atoms with Crippen LogP contribution in [0.3, 0.4) is 0 Å². The molecule has 0 aliphatic heterocycles. The van der Waals surface area contributed by atoms with Crippen LogP contribution in [0.4, 0.5) is 0 Å². The number of carbonyl (C=O) groups is 1. The molecule has 4 heteroatoms. The van der Waals surface area contributed by atoms with Gasteiger partial charge in [-0.25, -0.2) is 0 Å². The zero-order chi connectivity index (χ0) is 15.5. The number of rotatable bonds is 4. The Morgan fingerprint density at radius 2 is 2.00 bits per heavy atom. The summed E-state index contributed by atoms with van der Waals surface area (Å²) < 4.78 is 5.29. The molecule has 2 N–H and O–H groups in total. The fraction of sp³-hybridized carbons (Fsp3) is 0.167. The van der Waals surface area contributed by atoms with E-state index in [2.05, 4.69) is 10.3 Å². The topological polar surface area (TPSA) is 54.1 Å². The molecule has 0 atom stereocenters. The zero-order valence-corrected chi connectivity index (χ0v) is 12.6. The lowest BCUT2D eigenvalue weighted by Crippen LogP contribution is -2.23. The number of hydrogen-bond donors (Lipinski definition) is 2. The summed E-state index contributed by atoms with van der Waals surface area (Å²) in [6.07, 6.45) is 0. The maximum Gasteiger partial charge on any atom is 0.267 e. The number of carbonyl (C=O) groups excluding carboxylic acids is 1. The second-order valence-corrected chi connectivity index (χ2v) is 5.27. The molecule has 0 unspecified atom stereocenters. The third-order valence-corrected chi connectivity index (χ3v) is 3.65. The van der Waals surface area contributed by atoms with E-state index in [4.69, 9.17) is 4.74 Å². The maximum absolute atomic E-state index is 12.3. The maximum atomic E-state index is 12.3. The van der Waals surface area contributed by atoms with Crippen LogP contribution in [0.1, 0.15) is 21.6 Å². The number of ether oxygens (including phenoxy) is 1. The van der Waals surface area contributed by atoms with Crippen molar-refractivity contribution >= 4 is 16.8 Å². The molecule has 112 valence electrons. The molecule has 3 rings (SSSR count). The monoisotopic (exact) mass is 294 g/mol. The predicted molar refractivity (Wildman–Crippen MR) is 87.2 cm³/mol. The molecule has 2 aromatic carbocycles. The molecule has 0 saturated carbocycles. The van der Waals surface area contributed by atoms with Gasteiger partial charge in [0.15, 0.2) is 0 Å². The van der Waals surface area contributed by atoms with Crippen molar-refractivity contribution in [2.24, 2.45) is 0 Å². The number of para-hydroxylation sites is 1. The highest BCUT2D eigenvalue weighted by Crippen LogP contribution is 2.18. The SMILES string of the molecule is COc1ccccc1CNC(=O)c1cc2ccc(C)cc2[nH]1. The molecular weight excluding hydrogens is 276 g/mol. The van der Waals surface area contributed by atoms with Gasteiger partial charge in [0.25, 0.3) is 5.91 Å². The van der Waals surface area contributed by atoms with Gasteiger partial charge in [0.1, 0.15) is 11.4 Å². The van der Waals surface area contributed by atoms with E-state index in [-0.39, 0.29) is 5.91 Å². The van der Waals surface area contributed by atoms with E-state index >= 15 is 0 Å². The van der Waals surface area contributed by atoms with Crippen LogP contribution in [0, 0.1) is 6.92 Å². The van der Waals surface area contributed by atoms with Gasteiger partial charge in [-0.1, -0.05) is 30.3 Å². The highest BCUT2D eigenvalue weighted by Gasteiger charge is 2.10. The summed E-state index contributed by atoms with van der Waals surface area (Å²) in [7, 11) is 1.63. The van der Waals surface area contributed by atoms with Gasteiger partial charge in [-0.2, -0.15) is 0 Å². The predicted octanol–water partition coefficient (Wildman–Crippen LogP) is 3.41. The molecule has 1 amide bonds.